The molecular formula is C13H14N2O3. The molecule has 5 nitrogen and oxygen atoms in total. The van der Waals surface area contributed by atoms with Gasteiger partial charge in [-0.05, 0) is 25.1 Å². The first-order valence-corrected chi connectivity index (χ1v) is 5.51. The number of rotatable bonds is 3. The van der Waals surface area contributed by atoms with Crippen molar-refractivity contribution in [1.29, 1.82) is 0 Å². The summed E-state index contributed by atoms with van der Waals surface area (Å²) in [7, 11) is 1.67. The molecule has 2 aromatic heterocycles. The molecule has 0 aromatic carbocycles. The Morgan fingerprint density at radius 1 is 1.44 bits per heavy atom. The average Bonchev–Trinajstić information content (AvgIpc) is 2.73. The lowest BCUT2D eigenvalue weighted by atomic mass is 10.2. The van der Waals surface area contributed by atoms with Gasteiger partial charge in [-0.1, -0.05) is 0 Å². The van der Waals surface area contributed by atoms with Crippen LogP contribution in [-0.4, -0.2) is 27.9 Å². The van der Waals surface area contributed by atoms with Gasteiger partial charge in [0.25, 0.3) is 5.91 Å². The molecule has 0 aliphatic heterocycles. The lowest BCUT2D eigenvalue weighted by Crippen LogP contribution is -2.26. The van der Waals surface area contributed by atoms with Crippen LogP contribution in [0.4, 0.5) is 0 Å². The minimum Gasteiger partial charge on any atom is -0.506 e. The first-order chi connectivity index (χ1) is 8.56. The Bertz CT molecular complexity index is 563. The summed E-state index contributed by atoms with van der Waals surface area (Å²) in [5, 5.41) is 9.29. The van der Waals surface area contributed by atoms with Gasteiger partial charge in [0.2, 0.25) is 0 Å². The van der Waals surface area contributed by atoms with Crippen molar-refractivity contribution in [3.8, 4) is 5.75 Å². The van der Waals surface area contributed by atoms with Crippen LogP contribution in [0.25, 0.3) is 0 Å². The van der Waals surface area contributed by atoms with Crippen molar-refractivity contribution in [3.05, 3.63) is 47.7 Å². The minimum atomic E-state index is -0.215. The van der Waals surface area contributed by atoms with E-state index in [9.17, 15) is 9.90 Å². The predicted molar refractivity (Wildman–Crippen MR) is 65.1 cm³/mol. The van der Waals surface area contributed by atoms with Crippen molar-refractivity contribution in [2.45, 2.75) is 13.5 Å². The largest absolute Gasteiger partial charge is 0.506 e. The third kappa shape index (κ3) is 2.68. The smallest absolute Gasteiger partial charge is 0.255 e. The number of pyridine rings is 1. The maximum atomic E-state index is 12.0. The molecule has 0 radical (unpaired) electrons. The number of hydrogen-bond acceptors (Lipinski definition) is 4. The molecule has 0 atom stereocenters. The lowest BCUT2D eigenvalue weighted by Gasteiger charge is -2.15. The summed E-state index contributed by atoms with van der Waals surface area (Å²) in [6.07, 6.45) is 2.71. The van der Waals surface area contributed by atoms with Crippen molar-refractivity contribution in [2.75, 3.05) is 7.05 Å². The number of furan rings is 1. The van der Waals surface area contributed by atoms with Crippen LogP contribution in [0.5, 0.6) is 5.75 Å². The number of carbonyl (C=O) groups is 1. The Morgan fingerprint density at radius 3 is 2.83 bits per heavy atom. The zero-order valence-electron chi connectivity index (χ0n) is 10.3. The highest BCUT2D eigenvalue weighted by Crippen LogP contribution is 2.13. The van der Waals surface area contributed by atoms with Crippen LogP contribution in [0.15, 0.2) is 35.0 Å². The Hall–Kier alpha value is -2.30. The Kier molecular flexibility index (Phi) is 3.32. The van der Waals surface area contributed by atoms with Crippen molar-refractivity contribution in [3.63, 3.8) is 0 Å². The molecule has 0 fully saturated rings. The second-order valence-electron chi connectivity index (χ2n) is 4.11. The number of hydrogen-bond donors (Lipinski definition) is 1. The molecule has 0 aliphatic carbocycles. The average molecular weight is 246 g/mol. The fraction of sp³-hybridized carbons (Fsp3) is 0.231. The summed E-state index contributed by atoms with van der Waals surface area (Å²) < 4.78 is 5.41. The second kappa shape index (κ2) is 4.91. The highest BCUT2D eigenvalue weighted by atomic mass is 16.3. The number of aromatic nitrogens is 1. The van der Waals surface area contributed by atoms with Gasteiger partial charge in [0.1, 0.15) is 17.3 Å². The molecule has 0 saturated heterocycles. The molecule has 2 aromatic rings. The zero-order chi connectivity index (χ0) is 13.1. The van der Waals surface area contributed by atoms with Gasteiger partial charge in [-0.15, -0.1) is 0 Å². The van der Waals surface area contributed by atoms with Crippen LogP contribution < -0.4 is 0 Å². The summed E-state index contributed by atoms with van der Waals surface area (Å²) in [4.78, 5) is 17.3. The molecule has 0 bridgehead atoms. The summed E-state index contributed by atoms with van der Waals surface area (Å²) >= 11 is 0. The van der Waals surface area contributed by atoms with Crippen LogP contribution in [0.2, 0.25) is 0 Å². The lowest BCUT2D eigenvalue weighted by molar-refractivity contribution is 0.0774. The van der Waals surface area contributed by atoms with Crippen molar-refractivity contribution >= 4 is 5.91 Å². The maximum absolute atomic E-state index is 12.0. The molecule has 2 heterocycles. The van der Waals surface area contributed by atoms with E-state index in [-0.39, 0.29) is 11.7 Å². The van der Waals surface area contributed by atoms with E-state index in [4.69, 9.17) is 4.42 Å². The van der Waals surface area contributed by atoms with E-state index >= 15 is 0 Å². The quantitative estimate of drug-likeness (QED) is 0.899. The van der Waals surface area contributed by atoms with Crippen LogP contribution in [-0.2, 0) is 6.54 Å². The number of nitrogens with zero attached hydrogens (tertiary/aromatic N) is 2. The minimum absolute atomic E-state index is 0.0249. The normalized spacial score (nSPS) is 10.3. The molecule has 0 saturated carbocycles. The number of aromatic hydroxyl groups is 1. The molecule has 18 heavy (non-hydrogen) atoms. The van der Waals surface area contributed by atoms with Gasteiger partial charge < -0.3 is 14.4 Å². The van der Waals surface area contributed by atoms with Crippen molar-refractivity contribution in [1.82, 2.24) is 9.88 Å². The zero-order valence-corrected chi connectivity index (χ0v) is 10.3. The van der Waals surface area contributed by atoms with Crippen LogP contribution >= 0.6 is 0 Å². The third-order valence-corrected chi connectivity index (χ3v) is 2.51. The SMILES string of the molecule is Cc1ccc(CN(C)C(=O)c2cncc(O)c2)o1. The van der Waals surface area contributed by atoms with E-state index in [1.807, 2.05) is 19.1 Å². The predicted octanol–water partition coefficient (Wildman–Crippen LogP) is 1.96. The highest BCUT2D eigenvalue weighted by molar-refractivity contribution is 5.94. The summed E-state index contributed by atoms with van der Waals surface area (Å²) in [5.41, 5.74) is 0.348. The molecule has 94 valence electrons. The van der Waals surface area contributed by atoms with E-state index in [2.05, 4.69) is 4.98 Å². The van der Waals surface area contributed by atoms with Gasteiger partial charge in [-0.25, -0.2) is 0 Å². The van der Waals surface area contributed by atoms with Crippen molar-refractivity contribution < 1.29 is 14.3 Å². The van der Waals surface area contributed by atoms with E-state index in [0.717, 1.165) is 11.5 Å². The Morgan fingerprint density at radius 2 is 2.22 bits per heavy atom. The molecule has 1 N–H and O–H groups in total. The molecular weight excluding hydrogens is 232 g/mol. The summed E-state index contributed by atoms with van der Waals surface area (Å²) in [6, 6.07) is 5.07. The van der Waals surface area contributed by atoms with Gasteiger partial charge in [-0.2, -0.15) is 0 Å². The van der Waals surface area contributed by atoms with Gasteiger partial charge in [0.15, 0.2) is 0 Å². The first-order valence-electron chi connectivity index (χ1n) is 5.51. The van der Waals surface area contributed by atoms with Crippen molar-refractivity contribution in [2.24, 2.45) is 0 Å². The van der Waals surface area contributed by atoms with E-state index in [1.54, 1.807) is 7.05 Å². The van der Waals surface area contributed by atoms with E-state index in [1.165, 1.54) is 23.4 Å². The Labute approximate surface area is 105 Å². The topological polar surface area (TPSA) is 66.6 Å². The van der Waals surface area contributed by atoms with Crippen LogP contribution in [0.3, 0.4) is 0 Å². The third-order valence-electron chi connectivity index (χ3n) is 2.51. The summed E-state index contributed by atoms with van der Waals surface area (Å²) in [5.74, 6) is 1.29. The second-order valence-corrected chi connectivity index (χ2v) is 4.11. The molecule has 5 heteroatoms. The number of amides is 1. The van der Waals surface area contributed by atoms with Crippen LogP contribution in [0, 0.1) is 6.92 Å². The standard InChI is InChI=1S/C13H14N2O3/c1-9-3-4-12(18-9)8-15(2)13(17)10-5-11(16)7-14-6-10/h3-7,16H,8H2,1-2H3. The molecule has 1 amide bonds. The molecule has 0 unspecified atom stereocenters. The van der Waals surface area contributed by atoms with Gasteiger partial charge in [-0.3, -0.25) is 9.78 Å². The number of aryl methyl sites for hydroxylation is 1. The maximum Gasteiger partial charge on any atom is 0.255 e. The van der Waals surface area contributed by atoms with E-state index < -0.39 is 0 Å². The summed E-state index contributed by atoms with van der Waals surface area (Å²) in [6.45, 7) is 2.23. The first kappa shape index (κ1) is 12.2. The molecule has 0 spiro atoms. The molecule has 0 aliphatic rings. The van der Waals surface area contributed by atoms with Gasteiger partial charge >= 0.3 is 0 Å². The highest BCUT2D eigenvalue weighted by Gasteiger charge is 2.14. The van der Waals surface area contributed by atoms with Gasteiger partial charge in [0.05, 0.1) is 18.3 Å². The Balaban J connectivity index is 2.09. The van der Waals surface area contributed by atoms with Gasteiger partial charge in [0, 0.05) is 13.2 Å². The fourth-order valence-corrected chi connectivity index (χ4v) is 1.64. The van der Waals surface area contributed by atoms with Crippen LogP contribution in [0.1, 0.15) is 21.9 Å². The van der Waals surface area contributed by atoms with E-state index in [0.29, 0.717) is 12.1 Å². The fourth-order valence-electron chi connectivity index (χ4n) is 1.64. The molecule has 2 rings (SSSR count). The monoisotopic (exact) mass is 246 g/mol. The number of carbonyl (C=O) groups excluding carboxylic acids is 1.